The zero-order valence-electron chi connectivity index (χ0n) is 18.3. The molecular formula is C24H18F6N2O3S. The molecule has 0 spiro atoms. The van der Waals surface area contributed by atoms with E-state index in [1.165, 1.54) is 28.6 Å². The van der Waals surface area contributed by atoms with E-state index < -0.39 is 45.0 Å². The molecule has 1 heterocycles. The normalized spacial score (nSPS) is 14.8. The molecule has 1 amide bonds. The van der Waals surface area contributed by atoms with Gasteiger partial charge in [-0.05, 0) is 60.0 Å². The van der Waals surface area contributed by atoms with Crippen LogP contribution in [-0.4, -0.2) is 25.2 Å². The molecule has 0 aliphatic carbocycles. The highest BCUT2D eigenvalue weighted by atomic mass is 32.2. The minimum Gasteiger partial charge on any atom is -0.322 e. The van der Waals surface area contributed by atoms with E-state index in [1.54, 1.807) is 24.3 Å². The Morgan fingerprint density at radius 1 is 0.806 bits per heavy atom. The minimum absolute atomic E-state index is 0.0158. The SMILES string of the molecule is O=C(Nc1ccc2c(c1)CN(S(=O)(=O)c1ccccc1)CC2)c1cc(C(F)(F)F)cc(C(F)(F)F)c1. The minimum atomic E-state index is -5.09. The number of fused-ring (bicyclic) bond motifs is 1. The number of hydrogen-bond acceptors (Lipinski definition) is 3. The summed E-state index contributed by atoms with van der Waals surface area (Å²) >= 11 is 0. The molecule has 4 rings (SSSR count). The lowest BCUT2D eigenvalue weighted by molar-refractivity contribution is -0.143. The predicted octanol–water partition coefficient (Wildman–Crippen LogP) is 5.72. The van der Waals surface area contributed by atoms with Crippen molar-refractivity contribution in [3.05, 3.63) is 94.5 Å². The molecule has 3 aromatic carbocycles. The van der Waals surface area contributed by atoms with Crippen LogP contribution in [-0.2, 0) is 35.3 Å². The molecular weight excluding hydrogens is 510 g/mol. The summed E-state index contributed by atoms with van der Waals surface area (Å²) in [5.41, 5.74) is -2.55. The monoisotopic (exact) mass is 528 g/mol. The Morgan fingerprint density at radius 3 is 2.00 bits per heavy atom. The lowest BCUT2D eigenvalue weighted by Crippen LogP contribution is -2.36. The third-order valence-corrected chi connectivity index (χ3v) is 7.53. The fraction of sp³-hybridized carbons (Fsp3) is 0.208. The lowest BCUT2D eigenvalue weighted by Gasteiger charge is -2.28. The number of amides is 1. The van der Waals surface area contributed by atoms with Gasteiger partial charge < -0.3 is 5.32 Å². The molecule has 3 aromatic rings. The lowest BCUT2D eigenvalue weighted by atomic mass is 10.00. The third-order valence-electron chi connectivity index (χ3n) is 5.67. The second kappa shape index (κ2) is 9.25. The van der Waals surface area contributed by atoms with Crippen LogP contribution in [0.1, 0.15) is 32.6 Å². The first-order valence-electron chi connectivity index (χ1n) is 10.5. The smallest absolute Gasteiger partial charge is 0.322 e. The van der Waals surface area contributed by atoms with Gasteiger partial charge in [-0.25, -0.2) is 8.42 Å². The molecule has 12 heteroatoms. The van der Waals surface area contributed by atoms with Crippen LogP contribution >= 0.6 is 0 Å². The van der Waals surface area contributed by atoms with Crippen molar-refractivity contribution in [3.63, 3.8) is 0 Å². The number of alkyl halides is 6. The highest BCUT2D eigenvalue weighted by Gasteiger charge is 2.37. The van der Waals surface area contributed by atoms with Crippen LogP contribution < -0.4 is 5.32 Å². The van der Waals surface area contributed by atoms with Crippen LogP contribution in [0.25, 0.3) is 0 Å². The number of nitrogens with zero attached hydrogens (tertiary/aromatic N) is 1. The van der Waals surface area contributed by atoms with Gasteiger partial charge in [-0.3, -0.25) is 4.79 Å². The van der Waals surface area contributed by atoms with Gasteiger partial charge in [0.05, 0.1) is 16.0 Å². The summed E-state index contributed by atoms with van der Waals surface area (Å²) < 4.78 is 106. The van der Waals surface area contributed by atoms with E-state index in [-0.39, 0.29) is 29.7 Å². The van der Waals surface area contributed by atoms with Gasteiger partial charge in [0.2, 0.25) is 10.0 Å². The summed E-state index contributed by atoms with van der Waals surface area (Å²) in [7, 11) is -3.79. The Bertz CT molecular complexity index is 1370. The molecule has 0 saturated carbocycles. The van der Waals surface area contributed by atoms with Gasteiger partial charge in [0.15, 0.2) is 0 Å². The standard InChI is InChI=1S/C24H18F6N2O3S/c25-23(26,27)18-10-16(11-19(13-18)24(28,29)30)22(33)31-20-7-6-15-8-9-32(14-17(15)12-20)36(34,35)21-4-2-1-3-5-21/h1-7,10-13H,8-9,14H2,(H,31,33). The molecule has 0 saturated heterocycles. The second-order valence-corrected chi connectivity index (χ2v) is 10.1. The van der Waals surface area contributed by atoms with E-state index in [1.807, 2.05) is 0 Å². The van der Waals surface area contributed by atoms with Crippen molar-refractivity contribution in [3.8, 4) is 0 Å². The van der Waals surface area contributed by atoms with Crippen LogP contribution in [0, 0.1) is 0 Å². The van der Waals surface area contributed by atoms with Crippen molar-refractivity contribution < 1.29 is 39.6 Å². The topological polar surface area (TPSA) is 66.5 Å². The zero-order chi connectivity index (χ0) is 26.3. The van der Waals surface area contributed by atoms with Gasteiger partial charge in [-0.1, -0.05) is 24.3 Å². The molecule has 0 unspecified atom stereocenters. The highest BCUT2D eigenvalue weighted by Crippen LogP contribution is 2.36. The second-order valence-electron chi connectivity index (χ2n) is 8.13. The number of carbonyl (C=O) groups is 1. The van der Waals surface area contributed by atoms with Crippen molar-refractivity contribution in [1.82, 2.24) is 4.31 Å². The molecule has 1 N–H and O–H groups in total. The van der Waals surface area contributed by atoms with Crippen molar-refractivity contribution >= 4 is 21.6 Å². The van der Waals surface area contributed by atoms with E-state index >= 15 is 0 Å². The molecule has 36 heavy (non-hydrogen) atoms. The maximum atomic E-state index is 13.1. The van der Waals surface area contributed by atoms with E-state index in [0.29, 0.717) is 24.1 Å². The van der Waals surface area contributed by atoms with Crippen molar-refractivity contribution in [2.75, 3.05) is 11.9 Å². The third kappa shape index (κ3) is 5.39. The molecule has 1 aliphatic rings. The zero-order valence-corrected chi connectivity index (χ0v) is 19.1. The van der Waals surface area contributed by atoms with Crippen LogP contribution in [0.2, 0.25) is 0 Å². The fourth-order valence-electron chi connectivity index (χ4n) is 3.84. The maximum absolute atomic E-state index is 13.1. The summed E-state index contributed by atoms with van der Waals surface area (Å²) in [6.07, 6.45) is -9.79. The molecule has 0 radical (unpaired) electrons. The number of benzene rings is 3. The maximum Gasteiger partial charge on any atom is 0.416 e. The van der Waals surface area contributed by atoms with Crippen LogP contribution in [0.4, 0.5) is 32.0 Å². The average molecular weight is 528 g/mol. The number of nitrogens with one attached hydrogen (secondary N) is 1. The molecule has 0 aromatic heterocycles. The summed E-state index contributed by atoms with van der Waals surface area (Å²) in [6.45, 7) is 0.207. The van der Waals surface area contributed by atoms with E-state index in [0.717, 1.165) is 5.56 Å². The van der Waals surface area contributed by atoms with Crippen molar-refractivity contribution in [1.29, 1.82) is 0 Å². The first kappa shape index (κ1) is 25.7. The van der Waals surface area contributed by atoms with Crippen molar-refractivity contribution in [2.24, 2.45) is 0 Å². The van der Waals surface area contributed by atoms with Gasteiger partial charge in [0, 0.05) is 24.3 Å². The summed E-state index contributed by atoms with van der Waals surface area (Å²) in [5, 5.41) is 2.31. The number of anilines is 1. The number of sulfonamides is 1. The van der Waals surface area contributed by atoms with E-state index in [4.69, 9.17) is 0 Å². The number of carbonyl (C=O) groups excluding carboxylic acids is 1. The summed E-state index contributed by atoms with van der Waals surface area (Å²) in [4.78, 5) is 12.7. The summed E-state index contributed by atoms with van der Waals surface area (Å²) in [6, 6.07) is 13.0. The first-order chi connectivity index (χ1) is 16.7. The Labute approximate surface area is 202 Å². The molecule has 0 bridgehead atoms. The molecule has 1 aliphatic heterocycles. The van der Waals surface area contributed by atoms with Gasteiger partial charge >= 0.3 is 12.4 Å². The molecule has 0 fully saturated rings. The Hall–Kier alpha value is -3.38. The van der Waals surface area contributed by atoms with Crippen molar-refractivity contribution in [2.45, 2.75) is 30.2 Å². The average Bonchev–Trinajstić information content (AvgIpc) is 2.82. The van der Waals surface area contributed by atoms with Gasteiger partial charge in [-0.15, -0.1) is 0 Å². The molecule has 0 atom stereocenters. The van der Waals surface area contributed by atoms with Crippen LogP contribution in [0.5, 0.6) is 0 Å². The highest BCUT2D eigenvalue weighted by molar-refractivity contribution is 7.89. The molecule has 190 valence electrons. The van der Waals surface area contributed by atoms with Gasteiger partial charge in [-0.2, -0.15) is 30.6 Å². The largest absolute Gasteiger partial charge is 0.416 e. The number of halogens is 6. The predicted molar refractivity (Wildman–Crippen MR) is 119 cm³/mol. The first-order valence-corrected chi connectivity index (χ1v) is 12.0. The Morgan fingerprint density at radius 2 is 1.42 bits per heavy atom. The van der Waals surface area contributed by atoms with Gasteiger partial charge in [0.25, 0.3) is 5.91 Å². The van der Waals surface area contributed by atoms with E-state index in [2.05, 4.69) is 5.32 Å². The molecule has 5 nitrogen and oxygen atoms in total. The number of hydrogen-bond donors (Lipinski definition) is 1. The Kier molecular flexibility index (Phi) is 6.60. The van der Waals surface area contributed by atoms with Gasteiger partial charge in [0.1, 0.15) is 0 Å². The van der Waals surface area contributed by atoms with Crippen LogP contribution in [0.3, 0.4) is 0 Å². The quantitative estimate of drug-likeness (QED) is 0.441. The van der Waals surface area contributed by atoms with Crippen LogP contribution in [0.15, 0.2) is 71.6 Å². The van der Waals surface area contributed by atoms with E-state index in [9.17, 15) is 39.6 Å². The fourth-order valence-corrected chi connectivity index (χ4v) is 5.28. The summed E-state index contributed by atoms with van der Waals surface area (Å²) in [5.74, 6) is -1.17. The number of rotatable bonds is 4. The Balaban J connectivity index is 1.59.